The Labute approximate surface area is 141 Å². The van der Waals surface area contributed by atoms with Gasteiger partial charge in [0, 0.05) is 19.5 Å². The summed E-state index contributed by atoms with van der Waals surface area (Å²) in [5, 5.41) is 0. The number of amides is 2. The van der Waals surface area contributed by atoms with Crippen LogP contribution in [0.5, 0.6) is 0 Å². The highest BCUT2D eigenvalue weighted by Crippen LogP contribution is 2.20. The van der Waals surface area contributed by atoms with Crippen molar-refractivity contribution in [3.05, 3.63) is 71.8 Å². The molecule has 0 bridgehead atoms. The Bertz CT molecular complexity index is 688. The summed E-state index contributed by atoms with van der Waals surface area (Å²) in [4.78, 5) is 31.2. The summed E-state index contributed by atoms with van der Waals surface area (Å²) < 4.78 is 0. The van der Waals surface area contributed by atoms with Crippen molar-refractivity contribution in [3.8, 4) is 0 Å². The molecule has 24 heavy (non-hydrogen) atoms. The van der Waals surface area contributed by atoms with Crippen molar-refractivity contribution in [2.24, 2.45) is 5.92 Å². The first kappa shape index (κ1) is 16.2. The van der Waals surface area contributed by atoms with E-state index in [0.29, 0.717) is 19.7 Å². The Morgan fingerprint density at radius 2 is 1.67 bits per heavy atom. The molecule has 1 aliphatic heterocycles. The molecule has 1 fully saturated rings. The second kappa shape index (κ2) is 7.75. The Morgan fingerprint density at radius 1 is 1.04 bits per heavy atom. The van der Waals surface area contributed by atoms with Gasteiger partial charge in [0.1, 0.15) is 0 Å². The molecule has 5 heteroatoms. The van der Waals surface area contributed by atoms with Gasteiger partial charge in [-0.2, -0.15) is 0 Å². The van der Waals surface area contributed by atoms with Crippen LogP contribution in [0.15, 0.2) is 60.7 Å². The summed E-state index contributed by atoms with van der Waals surface area (Å²) in [6.45, 7) is 1.27. The van der Waals surface area contributed by atoms with Gasteiger partial charge < -0.3 is 4.90 Å². The highest BCUT2D eigenvalue weighted by Gasteiger charge is 2.34. The van der Waals surface area contributed by atoms with Crippen LogP contribution in [-0.2, 0) is 27.6 Å². The normalized spacial score (nSPS) is 17.1. The minimum atomic E-state index is -0.364. The van der Waals surface area contributed by atoms with E-state index in [2.05, 4.69) is 5.48 Å². The third kappa shape index (κ3) is 4.20. The van der Waals surface area contributed by atoms with Crippen LogP contribution in [-0.4, -0.2) is 23.3 Å². The number of hydrogen-bond donors (Lipinski definition) is 1. The fourth-order valence-corrected chi connectivity index (χ4v) is 2.75. The summed E-state index contributed by atoms with van der Waals surface area (Å²) in [5.41, 5.74) is 4.50. The van der Waals surface area contributed by atoms with E-state index < -0.39 is 0 Å². The summed E-state index contributed by atoms with van der Waals surface area (Å²) in [5.74, 6) is -0.603. The monoisotopic (exact) mass is 324 g/mol. The average Bonchev–Trinajstić information content (AvgIpc) is 2.97. The molecule has 1 aliphatic rings. The van der Waals surface area contributed by atoms with E-state index in [1.807, 2.05) is 60.7 Å². The molecule has 2 aromatic rings. The molecule has 2 aromatic carbocycles. The highest BCUT2D eigenvalue weighted by atomic mass is 16.6. The zero-order valence-electron chi connectivity index (χ0n) is 13.4. The molecule has 3 rings (SSSR count). The van der Waals surface area contributed by atoms with Gasteiger partial charge in [0.15, 0.2) is 0 Å². The molecule has 1 atom stereocenters. The Hall–Kier alpha value is -2.66. The fraction of sp³-hybridized carbons (Fsp3) is 0.263. The Morgan fingerprint density at radius 3 is 2.33 bits per heavy atom. The van der Waals surface area contributed by atoms with E-state index >= 15 is 0 Å². The molecule has 0 aliphatic carbocycles. The first-order valence-electron chi connectivity index (χ1n) is 7.99. The molecule has 1 heterocycles. The largest absolute Gasteiger partial charge is 0.338 e. The maximum atomic E-state index is 12.2. The Kier molecular flexibility index (Phi) is 5.23. The van der Waals surface area contributed by atoms with Crippen LogP contribution < -0.4 is 5.48 Å². The van der Waals surface area contributed by atoms with Gasteiger partial charge in [0.25, 0.3) is 0 Å². The molecule has 1 unspecified atom stereocenters. The third-order valence-corrected chi connectivity index (χ3v) is 4.06. The summed E-state index contributed by atoms with van der Waals surface area (Å²) in [7, 11) is 0. The van der Waals surface area contributed by atoms with Gasteiger partial charge >= 0.3 is 0 Å². The minimum absolute atomic E-state index is 0.00191. The van der Waals surface area contributed by atoms with Gasteiger partial charge in [-0.3, -0.25) is 14.4 Å². The molecule has 0 radical (unpaired) electrons. The van der Waals surface area contributed by atoms with Gasteiger partial charge in [-0.1, -0.05) is 60.7 Å². The quantitative estimate of drug-likeness (QED) is 0.830. The number of likely N-dealkylation sites (tertiary alicyclic amines) is 1. The van der Waals surface area contributed by atoms with Crippen LogP contribution in [0.1, 0.15) is 17.5 Å². The van der Waals surface area contributed by atoms with Crippen LogP contribution in [0, 0.1) is 5.92 Å². The second-order valence-electron chi connectivity index (χ2n) is 5.90. The second-order valence-corrected chi connectivity index (χ2v) is 5.90. The van der Waals surface area contributed by atoms with E-state index in [9.17, 15) is 9.59 Å². The Balaban J connectivity index is 1.47. The average molecular weight is 324 g/mol. The molecule has 0 saturated carbocycles. The lowest BCUT2D eigenvalue weighted by Gasteiger charge is -2.16. The van der Waals surface area contributed by atoms with Crippen molar-refractivity contribution >= 4 is 11.8 Å². The number of nitrogens with zero attached hydrogens (tertiary/aromatic N) is 1. The maximum absolute atomic E-state index is 12.2. The zero-order valence-corrected chi connectivity index (χ0v) is 13.4. The van der Waals surface area contributed by atoms with Crippen molar-refractivity contribution in [1.82, 2.24) is 10.4 Å². The number of benzene rings is 2. The lowest BCUT2D eigenvalue weighted by atomic mass is 10.1. The molecule has 5 nitrogen and oxygen atoms in total. The number of hydroxylamine groups is 1. The van der Waals surface area contributed by atoms with Crippen LogP contribution >= 0.6 is 0 Å². The van der Waals surface area contributed by atoms with E-state index in [-0.39, 0.29) is 24.2 Å². The van der Waals surface area contributed by atoms with Crippen molar-refractivity contribution in [1.29, 1.82) is 0 Å². The molecule has 0 spiro atoms. The molecule has 0 aromatic heterocycles. The van der Waals surface area contributed by atoms with Crippen LogP contribution in [0.4, 0.5) is 0 Å². The number of carbonyl (C=O) groups excluding carboxylic acids is 2. The van der Waals surface area contributed by atoms with Crippen molar-refractivity contribution in [2.45, 2.75) is 19.6 Å². The smallest absolute Gasteiger partial charge is 0.248 e. The number of nitrogens with one attached hydrogen (secondary N) is 1. The molecule has 1 saturated heterocycles. The number of rotatable bonds is 6. The molecule has 1 N–H and O–H groups in total. The molecule has 2 amide bonds. The molecular formula is C19H20N2O3. The first-order chi connectivity index (χ1) is 11.7. The summed E-state index contributed by atoms with van der Waals surface area (Å²) in [6.07, 6.45) is 0.230. The van der Waals surface area contributed by atoms with Gasteiger partial charge in [-0.15, -0.1) is 0 Å². The minimum Gasteiger partial charge on any atom is -0.338 e. The van der Waals surface area contributed by atoms with Crippen molar-refractivity contribution in [3.63, 3.8) is 0 Å². The van der Waals surface area contributed by atoms with Gasteiger partial charge in [-0.05, 0) is 11.1 Å². The third-order valence-electron chi connectivity index (χ3n) is 4.06. The predicted molar refractivity (Wildman–Crippen MR) is 89.3 cm³/mol. The highest BCUT2D eigenvalue weighted by molar-refractivity contribution is 5.88. The summed E-state index contributed by atoms with van der Waals surface area (Å²) >= 11 is 0. The predicted octanol–water partition coefficient (Wildman–Crippen LogP) is 2.28. The van der Waals surface area contributed by atoms with Crippen molar-refractivity contribution < 1.29 is 14.4 Å². The number of hydrogen-bond acceptors (Lipinski definition) is 3. The summed E-state index contributed by atoms with van der Waals surface area (Å²) in [6, 6.07) is 19.4. The van der Waals surface area contributed by atoms with Crippen molar-refractivity contribution in [2.75, 3.05) is 6.54 Å². The van der Waals surface area contributed by atoms with Crippen LogP contribution in [0.3, 0.4) is 0 Å². The molecule has 124 valence electrons. The van der Waals surface area contributed by atoms with Crippen LogP contribution in [0.2, 0.25) is 0 Å². The van der Waals surface area contributed by atoms with Gasteiger partial charge in [-0.25, -0.2) is 5.48 Å². The van der Waals surface area contributed by atoms with E-state index in [1.165, 1.54) is 0 Å². The first-order valence-corrected chi connectivity index (χ1v) is 7.99. The van der Waals surface area contributed by atoms with E-state index in [0.717, 1.165) is 11.1 Å². The van der Waals surface area contributed by atoms with E-state index in [1.54, 1.807) is 4.90 Å². The lowest BCUT2D eigenvalue weighted by molar-refractivity contribution is -0.138. The standard InChI is InChI=1S/C19H20N2O3/c22-18-11-17(13-21(18)12-15-7-3-1-4-8-15)19(23)20-24-14-16-9-5-2-6-10-16/h1-10,17H,11-14H2,(H,20,23). The molecular weight excluding hydrogens is 304 g/mol. The SMILES string of the molecule is O=C(NOCc1ccccc1)C1CC(=O)N(Cc2ccccc2)C1. The lowest BCUT2D eigenvalue weighted by Crippen LogP contribution is -2.32. The van der Waals surface area contributed by atoms with Gasteiger partial charge in [0.2, 0.25) is 11.8 Å². The van der Waals surface area contributed by atoms with E-state index in [4.69, 9.17) is 4.84 Å². The van der Waals surface area contributed by atoms with Crippen LogP contribution in [0.25, 0.3) is 0 Å². The van der Waals surface area contributed by atoms with Gasteiger partial charge in [0.05, 0.1) is 12.5 Å². The zero-order chi connectivity index (χ0) is 16.8. The number of carbonyl (C=O) groups is 2. The topological polar surface area (TPSA) is 58.6 Å². The fourth-order valence-electron chi connectivity index (χ4n) is 2.75. The maximum Gasteiger partial charge on any atom is 0.248 e.